The van der Waals surface area contributed by atoms with Crippen LogP contribution in [0.3, 0.4) is 0 Å². The zero-order valence-corrected chi connectivity index (χ0v) is 10.0. The Bertz CT molecular complexity index is 414. The summed E-state index contributed by atoms with van der Waals surface area (Å²) in [5, 5.41) is 0. The molecular formula is C15H17NO. The molecule has 2 nitrogen and oxygen atoms in total. The van der Waals surface area contributed by atoms with Crippen LogP contribution in [0.25, 0.3) is 0 Å². The Morgan fingerprint density at radius 1 is 0.941 bits per heavy atom. The van der Waals surface area contributed by atoms with Crippen LogP contribution in [0.15, 0.2) is 48.5 Å². The van der Waals surface area contributed by atoms with Gasteiger partial charge < -0.3 is 10.5 Å². The number of benzene rings is 2. The average Bonchev–Trinajstić information content (AvgIpc) is 2.34. The van der Waals surface area contributed by atoms with Crippen LogP contribution in [-0.2, 0) is 6.42 Å². The van der Waals surface area contributed by atoms with E-state index >= 15 is 0 Å². The highest BCUT2D eigenvalue weighted by Crippen LogP contribution is 2.13. The van der Waals surface area contributed by atoms with E-state index in [0.29, 0.717) is 6.61 Å². The third-order valence-corrected chi connectivity index (χ3v) is 2.66. The zero-order valence-electron chi connectivity index (χ0n) is 10.0. The molecule has 2 aromatic carbocycles. The Balaban J connectivity index is 1.83. The van der Waals surface area contributed by atoms with E-state index in [0.717, 1.165) is 17.9 Å². The maximum atomic E-state index is 5.64. The summed E-state index contributed by atoms with van der Waals surface area (Å²) in [6.07, 6.45) is 0.921. The molecule has 2 aromatic rings. The third-order valence-electron chi connectivity index (χ3n) is 2.66. The summed E-state index contributed by atoms with van der Waals surface area (Å²) in [5.41, 5.74) is 8.95. The maximum Gasteiger partial charge on any atom is 0.119 e. The van der Waals surface area contributed by atoms with Gasteiger partial charge in [0.05, 0.1) is 6.61 Å². The van der Waals surface area contributed by atoms with Crippen LogP contribution in [0.2, 0.25) is 0 Å². The van der Waals surface area contributed by atoms with Crippen LogP contribution in [-0.4, -0.2) is 6.61 Å². The minimum absolute atomic E-state index is 0.687. The minimum Gasteiger partial charge on any atom is -0.493 e. The molecule has 0 saturated heterocycles. The number of anilines is 1. The number of ether oxygens (including phenoxy) is 1. The van der Waals surface area contributed by atoms with Gasteiger partial charge >= 0.3 is 0 Å². The second-order valence-corrected chi connectivity index (χ2v) is 4.15. The van der Waals surface area contributed by atoms with Gasteiger partial charge in [-0.25, -0.2) is 0 Å². The predicted octanol–water partition coefficient (Wildman–Crippen LogP) is 3.20. The molecule has 2 rings (SSSR count). The Hall–Kier alpha value is -1.96. The third kappa shape index (κ3) is 3.52. The number of nitrogens with two attached hydrogens (primary N) is 1. The van der Waals surface area contributed by atoms with Crippen LogP contribution in [0, 0.1) is 6.92 Å². The molecule has 0 aromatic heterocycles. The van der Waals surface area contributed by atoms with Crippen LogP contribution >= 0.6 is 0 Å². The van der Waals surface area contributed by atoms with Gasteiger partial charge in [-0.3, -0.25) is 0 Å². The number of hydrogen-bond donors (Lipinski definition) is 1. The van der Waals surface area contributed by atoms with Gasteiger partial charge in [0.2, 0.25) is 0 Å². The SMILES string of the molecule is Cc1ccc(CCOc2ccc(N)cc2)cc1. The lowest BCUT2D eigenvalue weighted by Gasteiger charge is -2.06. The van der Waals surface area contributed by atoms with Crippen molar-refractivity contribution in [1.82, 2.24) is 0 Å². The average molecular weight is 227 g/mol. The van der Waals surface area contributed by atoms with Gasteiger partial charge in [-0.15, -0.1) is 0 Å². The molecule has 0 unspecified atom stereocenters. The Kier molecular flexibility index (Phi) is 3.66. The molecule has 0 atom stereocenters. The molecule has 0 amide bonds. The fourth-order valence-electron chi connectivity index (χ4n) is 1.61. The summed E-state index contributed by atoms with van der Waals surface area (Å²) in [4.78, 5) is 0. The lowest BCUT2D eigenvalue weighted by Crippen LogP contribution is -2.01. The van der Waals surface area contributed by atoms with Gasteiger partial charge in [0, 0.05) is 12.1 Å². The fourth-order valence-corrected chi connectivity index (χ4v) is 1.61. The fraction of sp³-hybridized carbons (Fsp3) is 0.200. The van der Waals surface area contributed by atoms with Gasteiger partial charge in [0.25, 0.3) is 0 Å². The number of hydrogen-bond acceptors (Lipinski definition) is 2. The van der Waals surface area contributed by atoms with Gasteiger partial charge in [0.1, 0.15) is 5.75 Å². The van der Waals surface area contributed by atoms with E-state index < -0.39 is 0 Å². The lowest BCUT2D eigenvalue weighted by molar-refractivity contribution is 0.322. The largest absolute Gasteiger partial charge is 0.493 e. The molecule has 0 aliphatic rings. The van der Waals surface area contributed by atoms with E-state index in [9.17, 15) is 0 Å². The van der Waals surface area contributed by atoms with E-state index in [1.54, 1.807) is 0 Å². The minimum atomic E-state index is 0.687. The summed E-state index contributed by atoms with van der Waals surface area (Å²) in [6, 6.07) is 16.0. The van der Waals surface area contributed by atoms with Crippen molar-refractivity contribution in [1.29, 1.82) is 0 Å². The predicted molar refractivity (Wildman–Crippen MR) is 71.2 cm³/mol. The Morgan fingerprint density at radius 3 is 2.24 bits per heavy atom. The molecule has 0 saturated carbocycles. The molecule has 0 aliphatic carbocycles. The standard InChI is InChI=1S/C15H17NO/c1-12-2-4-13(5-3-12)10-11-17-15-8-6-14(16)7-9-15/h2-9H,10-11,16H2,1H3. The van der Waals surface area contributed by atoms with Crippen LogP contribution in [0.5, 0.6) is 5.75 Å². The van der Waals surface area contributed by atoms with E-state index in [4.69, 9.17) is 10.5 Å². The van der Waals surface area contributed by atoms with E-state index in [1.807, 2.05) is 24.3 Å². The second-order valence-electron chi connectivity index (χ2n) is 4.15. The topological polar surface area (TPSA) is 35.2 Å². The lowest BCUT2D eigenvalue weighted by atomic mass is 10.1. The second kappa shape index (κ2) is 5.39. The maximum absolute atomic E-state index is 5.64. The van der Waals surface area contributed by atoms with Crippen LogP contribution < -0.4 is 10.5 Å². The van der Waals surface area contributed by atoms with Crippen molar-refractivity contribution in [3.63, 3.8) is 0 Å². The normalized spacial score (nSPS) is 10.2. The van der Waals surface area contributed by atoms with E-state index in [1.165, 1.54) is 11.1 Å². The zero-order chi connectivity index (χ0) is 12.1. The molecule has 2 N–H and O–H groups in total. The van der Waals surface area contributed by atoms with Gasteiger partial charge in [0.15, 0.2) is 0 Å². The van der Waals surface area contributed by atoms with E-state index in [2.05, 4.69) is 31.2 Å². The molecular weight excluding hydrogens is 210 g/mol. The molecule has 0 spiro atoms. The van der Waals surface area contributed by atoms with Gasteiger partial charge in [-0.2, -0.15) is 0 Å². The summed E-state index contributed by atoms with van der Waals surface area (Å²) < 4.78 is 5.64. The van der Waals surface area contributed by atoms with Crippen molar-refractivity contribution in [3.8, 4) is 5.75 Å². The highest BCUT2D eigenvalue weighted by atomic mass is 16.5. The van der Waals surface area contributed by atoms with Gasteiger partial charge in [-0.1, -0.05) is 29.8 Å². The van der Waals surface area contributed by atoms with Crippen molar-refractivity contribution in [2.24, 2.45) is 0 Å². The molecule has 2 heteroatoms. The smallest absolute Gasteiger partial charge is 0.119 e. The summed E-state index contributed by atoms with van der Waals surface area (Å²) in [7, 11) is 0. The first-order valence-electron chi connectivity index (χ1n) is 5.78. The first-order valence-corrected chi connectivity index (χ1v) is 5.78. The van der Waals surface area contributed by atoms with Gasteiger partial charge in [-0.05, 0) is 36.8 Å². The highest BCUT2D eigenvalue weighted by molar-refractivity contribution is 5.41. The first kappa shape index (κ1) is 11.5. The van der Waals surface area contributed by atoms with Crippen LogP contribution in [0.4, 0.5) is 5.69 Å². The quantitative estimate of drug-likeness (QED) is 0.814. The van der Waals surface area contributed by atoms with Crippen molar-refractivity contribution in [2.75, 3.05) is 12.3 Å². The number of aryl methyl sites for hydroxylation is 1. The number of rotatable bonds is 4. The molecule has 0 aliphatic heterocycles. The van der Waals surface area contributed by atoms with Crippen molar-refractivity contribution < 1.29 is 4.74 Å². The number of nitrogen functional groups attached to an aromatic ring is 1. The Labute approximate surface area is 102 Å². The Morgan fingerprint density at radius 2 is 1.59 bits per heavy atom. The molecule has 0 fully saturated rings. The summed E-state index contributed by atoms with van der Waals surface area (Å²) in [5.74, 6) is 0.867. The summed E-state index contributed by atoms with van der Waals surface area (Å²) in [6.45, 7) is 2.78. The summed E-state index contributed by atoms with van der Waals surface area (Å²) >= 11 is 0. The first-order chi connectivity index (χ1) is 8.24. The molecule has 0 heterocycles. The van der Waals surface area contributed by atoms with Crippen molar-refractivity contribution in [3.05, 3.63) is 59.7 Å². The molecule has 17 heavy (non-hydrogen) atoms. The monoisotopic (exact) mass is 227 g/mol. The van der Waals surface area contributed by atoms with Crippen LogP contribution in [0.1, 0.15) is 11.1 Å². The van der Waals surface area contributed by atoms with E-state index in [-0.39, 0.29) is 0 Å². The molecule has 0 radical (unpaired) electrons. The molecule has 88 valence electrons. The van der Waals surface area contributed by atoms with Crippen molar-refractivity contribution in [2.45, 2.75) is 13.3 Å². The highest BCUT2D eigenvalue weighted by Gasteiger charge is 1.95. The van der Waals surface area contributed by atoms with Crippen molar-refractivity contribution >= 4 is 5.69 Å². The molecule has 0 bridgehead atoms.